The lowest BCUT2D eigenvalue weighted by Crippen LogP contribution is -2.10. The number of anilines is 1. The van der Waals surface area contributed by atoms with Gasteiger partial charge in [-0.1, -0.05) is 13.0 Å². The molecule has 0 aliphatic rings. The molecule has 1 amide bonds. The lowest BCUT2D eigenvalue weighted by Gasteiger charge is -2.01. The summed E-state index contributed by atoms with van der Waals surface area (Å²) in [4.78, 5) is 14.8. The van der Waals surface area contributed by atoms with Crippen LogP contribution in [0.4, 0.5) is 5.82 Å². The third-order valence-corrected chi connectivity index (χ3v) is 1.45. The summed E-state index contributed by atoms with van der Waals surface area (Å²) in [6.07, 6.45) is 0.401. The molecule has 0 aromatic carbocycles. The highest BCUT2D eigenvalue weighted by atomic mass is 16.1. The lowest BCUT2D eigenvalue weighted by atomic mass is 10.3. The van der Waals surface area contributed by atoms with Gasteiger partial charge in [-0.05, 0) is 12.1 Å². The van der Waals surface area contributed by atoms with E-state index in [1.165, 1.54) is 0 Å². The number of aromatic nitrogens is 1. The van der Waals surface area contributed by atoms with Gasteiger partial charge >= 0.3 is 0 Å². The van der Waals surface area contributed by atoms with Crippen LogP contribution < -0.4 is 5.32 Å². The SMILES string of the molecule is CCC(=O)Nc1cccc(C#N)n1. The molecular weight excluding hydrogens is 166 g/mol. The van der Waals surface area contributed by atoms with Gasteiger partial charge in [0.05, 0.1) is 0 Å². The van der Waals surface area contributed by atoms with E-state index in [0.717, 1.165) is 0 Å². The van der Waals surface area contributed by atoms with Gasteiger partial charge in [0.15, 0.2) is 0 Å². The van der Waals surface area contributed by atoms with Crippen LogP contribution >= 0.6 is 0 Å². The topological polar surface area (TPSA) is 65.8 Å². The smallest absolute Gasteiger partial charge is 0.225 e. The number of hydrogen-bond donors (Lipinski definition) is 1. The second-order valence-corrected chi connectivity index (χ2v) is 2.42. The Kier molecular flexibility index (Phi) is 2.98. The molecule has 0 aliphatic carbocycles. The van der Waals surface area contributed by atoms with E-state index >= 15 is 0 Å². The number of amides is 1. The van der Waals surface area contributed by atoms with Gasteiger partial charge < -0.3 is 5.32 Å². The fourth-order valence-electron chi connectivity index (χ4n) is 0.798. The van der Waals surface area contributed by atoms with Crippen molar-refractivity contribution in [2.45, 2.75) is 13.3 Å². The van der Waals surface area contributed by atoms with Crippen molar-refractivity contribution >= 4 is 11.7 Å². The fraction of sp³-hybridized carbons (Fsp3) is 0.222. The zero-order chi connectivity index (χ0) is 9.68. The monoisotopic (exact) mass is 175 g/mol. The number of nitrogens with one attached hydrogen (secondary N) is 1. The molecule has 13 heavy (non-hydrogen) atoms. The first-order chi connectivity index (χ1) is 6.26. The Hall–Kier alpha value is -1.89. The van der Waals surface area contributed by atoms with Gasteiger partial charge in [0.2, 0.25) is 5.91 Å². The number of hydrogen-bond acceptors (Lipinski definition) is 3. The van der Waals surface area contributed by atoms with E-state index in [4.69, 9.17) is 5.26 Å². The number of nitriles is 1. The summed E-state index contributed by atoms with van der Waals surface area (Å²) >= 11 is 0. The standard InChI is InChI=1S/C9H9N3O/c1-2-9(13)12-8-5-3-4-7(6-10)11-8/h3-5H,2H2,1H3,(H,11,12,13). The lowest BCUT2D eigenvalue weighted by molar-refractivity contribution is -0.115. The van der Waals surface area contributed by atoms with E-state index in [1.807, 2.05) is 6.07 Å². The Bertz CT molecular complexity index is 354. The molecule has 0 bridgehead atoms. The molecule has 4 heteroatoms. The third kappa shape index (κ3) is 2.56. The van der Waals surface area contributed by atoms with Crippen LogP contribution in [-0.4, -0.2) is 10.9 Å². The van der Waals surface area contributed by atoms with E-state index in [0.29, 0.717) is 17.9 Å². The van der Waals surface area contributed by atoms with Crippen molar-refractivity contribution in [1.82, 2.24) is 4.98 Å². The van der Waals surface area contributed by atoms with Crippen molar-refractivity contribution in [3.63, 3.8) is 0 Å². The number of pyridine rings is 1. The van der Waals surface area contributed by atoms with Crippen LogP contribution in [-0.2, 0) is 4.79 Å². The molecule has 0 radical (unpaired) electrons. The number of carbonyl (C=O) groups excluding carboxylic acids is 1. The number of rotatable bonds is 2. The Labute approximate surface area is 76.2 Å². The van der Waals surface area contributed by atoms with Crippen molar-refractivity contribution in [3.8, 4) is 6.07 Å². The first kappa shape index (κ1) is 9.20. The van der Waals surface area contributed by atoms with Crippen LogP contribution in [0.2, 0.25) is 0 Å². The predicted octanol–water partition coefficient (Wildman–Crippen LogP) is 1.30. The molecule has 0 fully saturated rings. The van der Waals surface area contributed by atoms with E-state index in [9.17, 15) is 4.79 Å². The van der Waals surface area contributed by atoms with Gasteiger partial charge in [-0.15, -0.1) is 0 Å². The minimum atomic E-state index is -0.109. The minimum absolute atomic E-state index is 0.109. The highest BCUT2D eigenvalue weighted by molar-refractivity contribution is 5.89. The molecular formula is C9H9N3O. The minimum Gasteiger partial charge on any atom is -0.311 e. The summed E-state index contributed by atoms with van der Waals surface area (Å²) in [7, 11) is 0. The highest BCUT2D eigenvalue weighted by Crippen LogP contribution is 2.03. The van der Waals surface area contributed by atoms with E-state index < -0.39 is 0 Å². The van der Waals surface area contributed by atoms with Gasteiger partial charge in [0, 0.05) is 6.42 Å². The quantitative estimate of drug-likeness (QED) is 0.736. The molecule has 1 N–H and O–H groups in total. The maximum absolute atomic E-state index is 10.9. The van der Waals surface area contributed by atoms with Crippen LogP contribution in [0.3, 0.4) is 0 Å². The Morgan fingerprint density at radius 2 is 2.46 bits per heavy atom. The molecule has 0 saturated carbocycles. The average Bonchev–Trinajstić information content (AvgIpc) is 2.18. The van der Waals surface area contributed by atoms with Gasteiger partial charge in [-0.3, -0.25) is 4.79 Å². The molecule has 0 saturated heterocycles. The first-order valence-corrected chi connectivity index (χ1v) is 3.93. The van der Waals surface area contributed by atoms with Crippen molar-refractivity contribution in [3.05, 3.63) is 23.9 Å². The Morgan fingerprint density at radius 1 is 1.69 bits per heavy atom. The van der Waals surface area contributed by atoms with Crippen molar-refractivity contribution in [2.24, 2.45) is 0 Å². The molecule has 66 valence electrons. The maximum Gasteiger partial charge on any atom is 0.225 e. The third-order valence-electron chi connectivity index (χ3n) is 1.45. The van der Waals surface area contributed by atoms with Crippen molar-refractivity contribution < 1.29 is 4.79 Å². The summed E-state index contributed by atoms with van der Waals surface area (Å²) in [6, 6.07) is 6.81. The maximum atomic E-state index is 10.9. The van der Waals surface area contributed by atoms with Gasteiger partial charge in [0.1, 0.15) is 17.6 Å². The zero-order valence-electron chi connectivity index (χ0n) is 7.24. The molecule has 1 rings (SSSR count). The molecule has 1 aromatic rings. The zero-order valence-corrected chi connectivity index (χ0v) is 7.24. The number of carbonyl (C=O) groups is 1. The van der Waals surface area contributed by atoms with Crippen LogP contribution in [0.1, 0.15) is 19.0 Å². The van der Waals surface area contributed by atoms with Crippen LogP contribution in [0.15, 0.2) is 18.2 Å². The second-order valence-electron chi connectivity index (χ2n) is 2.42. The summed E-state index contributed by atoms with van der Waals surface area (Å²) in [5, 5.41) is 11.1. The molecule has 4 nitrogen and oxygen atoms in total. The fourth-order valence-corrected chi connectivity index (χ4v) is 0.798. The summed E-state index contributed by atoms with van der Waals surface area (Å²) < 4.78 is 0. The van der Waals surface area contributed by atoms with Gasteiger partial charge in [-0.2, -0.15) is 5.26 Å². The first-order valence-electron chi connectivity index (χ1n) is 3.93. The Morgan fingerprint density at radius 3 is 3.08 bits per heavy atom. The highest BCUT2D eigenvalue weighted by Gasteiger charge is 2.00. The largest absolute Gasteiger partial charge is 0.311 e. The van der Waals surface area contributed by atoms with Crippen molar-refractivity contribution in [2.75, 3.05) is 5.32 Å². The summed E-state index contributed by atoms with van der Waals surface area (Å²) in [5.41, 5.74) is 0.300. The van der Waals surface area contributed by atoms with E-state index in [-0.39, 0.29) is 5.91 Å². The normalized spacial score (nSPS) is 8.92. The van der Waals surface area contributed by atoms with Crippen molar-refractivity contribution in [1.29, 1.82) is 5.26 Å². The van der Waals surface area contributed by atoms with Gasteiger partial charge in [-0.25, -0.2) is 4.98 Å². The molecule has 0 spiro atoms. The predicted molar refractivity (Wildman–Crippen MR) is 47.9 cm³/mol. The van der Waals surface area contributed by atoms with Crippen LogP contribution in [0.5, 0.6) is 0 Å². The second kappa shape index (κ2) is 4.21. The van der Waals surface area contributed by atoms with Crippen LogP contribution in [0.25, 0.3) is 0 Å². The van der Waals surface area contributed by atoms with Crippen LogP contribution in [0, 0.1) is 11.3 Å². The van der Waals surface area contributed by atoms with Gasteiger partial charge in [0.25, 0.3) is 0 Å². The summed E-state index contributed by atoms with van der Waals surface area (Å²) in [6.45, 7) is 1.75. The Balaban J connectivity index is 2.79. The molecule has 0 unspecified atom stereocenters. The molecule has 0 atom stereocenters. The average molecular weight is 175 g/mol. The number of nitrogens with zero attached hydrogens (tertiary/aromatic N) is 2. The van der Waals surface area contributed by atoms with E-state index in [2.05, 4.69) is 10.3 Å². The van der Waals surface area contributed by atoms with E-state index in [1.54, 1.807) is 25.1 Å². The summed E-state index contributed by atoms with van der Waals surface area (Å²) in [5.74, 6) is 0.313. The molecule has 0 aliphatic heterocycles. The molecule has 1 heterocycles. The molecule has 1 aromatic heterocycles.